The van der Waals surface area contributed by atoms with Gasteiger partial charge in [-0.15, -0.1) is 0 Å². The molecule has 0 aromatic heterocycles. The molecule has 3 rings (SSSR count). The number of benzene rings is 3. The number of ether oxygens (including phenoxy) is 2. The molecule has 3 heteroatoms. The lowest BCUT2D eigenvalue weighted by atomic mass is 10.0. The van der Waals surface area contributed by atoms with E-state index in [0.29, 0.717) is 30.3 Å². The average Bonchev–Trinajstić information content (AvgIpc) is 2.72. The van der Waals surface area contributed by atoms with Gasteiger partial charge in [-0.05, 0) is 55.7 Å². The third kappa shape index (κ3) is 5.49. The van der Waals surface area contributed by atoms with Crippen molar-refractivity contribution in [3.05, 3.63) is 94.5 Å². The number of nitrogens with zero attached hydrogens (tertiary/aromatic N) is 1. The highest BCUT2D eigenvalue weighted by molar-refractivity contribution is 5.89. The van der Waals surface area contributed by atoms with E-state index in [0.717, 1.165) is 16.7 Å². The van der Waals surface area contributed by atoms with Gasteiger partial charge in [0.2, 0.25) is 0 Å². The van der Waals surface area contributed by atoms with Crippen molar-refractivity contribution in [3.8, 4) is 17.6 Å². The van der Waals surface area contributed by atoms with Crippen LogP contribution >= 0.6 is 0 Å². The Kier molecular flexibility index (Phi) is 6.71. The second-order valence-corrected chi connectivity index (χ2v) is 6.95. The molecule has 0 spiro atoms. The molecule has 3 aromatic rings. The minimum absolute atomic E-state index is 0.476. The summed E-state index contributed by atoms with van der Waals surface area (Å²) in [5, 5.41) is 9.60. The van der Waals surface area contributed by atoms with Gasteiger partial charge in [0.1, 0.15) is 6.61 Å². The van der Waals surface area contributed by atoms with Crippen LogP contribution in [0.4, 0.5) is 0 Å². The minimum Gasteiger partial charge on any atom is -0.490 e. The van der Waals surface area contributed by atoms with Crippen LogP contribution in [0.5, 0.6) is 11.5 Å². The largest absolute Gasteiger partial charge is 0.490 e. The van der Waals surface area contributed by atoms with Gasteiger partial charge in [-0.25, -0.2) is 0 Å². The number of nitriles is 1. The molecule has 0 aliphatic heterocycles. The second kappa shape index (κ2) is 9.61. The summed E-state index contributed by atoms with van der Waals surface area (Å²) in [5.41, 5.74) is 5.89. The van der Waals surface area contributed by atoms with E-state index in [1.807, 2.05) is 74.5 Å². The molecule has 0 bridgehead atoms. The summed E-state index contributed by atoms with van der Waals surface area (Å²) in [4.78, 5) is 0. The fourth-order valence-electron chi connectivity index (χ4n) is 3.04. The minimum atomic E-state index is 0.476. The number of hydrogen-bond donors (Lipinski definition) is 0. The van der Waals surface area contributed by atoms with Gasteiger partial charge in [0.25, 0.3) is 0 Å². The maximum atomic E-state index is 9.60. The van der Waals surface area contributed by atoms with E-state index < -0.39 is 0 Å². The first-order valence-corrected chi connectivity index (χ1v) is 9.73. The van der Waals surface area contributed by atoms with Crippen molar-refractivity contribution in [2.24, 2.45) is 0 Å². The first-order chi connectivity index (χ1) is 14.1. The van der Waals surface area contributed by atoms with Crippen LogP contribution in [0.25, 0.3) is 11.6 Å². The summed E-state index contributed by atoms with van der Waals surface area (Å²) in [5.74, 6) is 1.37. The predicted octanol–water partition coefficient (Wildman–Crippen LogP) is 6.35. The Hall–Kier alpha value is -3.51. The van der Waals surface area contributed by atoms with E-state index in [1.54, 1.807) is 0 Å². The highest BCUT2D eigenvalue weighted by Crippen LogP contribution is 2.31. The number of aryl methyl sites for hydroxylation is 2. The SMILES string of the molecule is CCOc1cc(/C=C(/C#N)c2ccc(C)cc2)ccc1OCc1cccc(C)c1. The summed E-state index contributed by atoms with van der Waals surface area (Å²) in [6.45, 7) is 7.06. The van der Waals surface area contributed by atoms with Gasteiger partial charge in [-0.3, -0.25) is 0 Å². The summed E-state index contributed by atoms with van der Waals surface area (Å²) in [6, 6.07) is 24.3. The van der Waals surface area contributed by atoms with Crippen LogP contribution in [0, 0.1) is 25.2 Å². The standard InChI is InChI=1S/C26H25NO2/c1-4-28-26-16-21(15-24(17-27)23-11-8-19(2)9-12-23)10-13-25(26)29-18-22-7-5-6-20(3)14-22/h5-16H,4,18H2,1-3H3/b24-15-. The molecule has 3 nitrogen and oxygen atoms in total. The van der Waals surface area contributed by atoms with E-state index in [-0.39, 0.29) is 0 Å². The molecular formula is C26H25NO2. The average molecular weight is 383 g/mol. The van der Waals surface area contributed by atoms with E-state index in [9.17, 15) is 5.26 Å². The fourth-order valence-corrected chi connectivity index (χ4v) is 3.04. The van der Waals surface area contributed by atoms with Crippen molar-refractivity contribution in [1.29, 1.82) is 5.26 Å². The van der Waals surface area contributed by atoms with E-state index in [1.165, 1.54) is 11.1 Å². The number of allylic oxidation sites excluding steroid dienone is 1. The van der Waals surface area contributed by atoms with Gasteiger partial charge in [0.05, 0.1) is 18.2 Å². The molecule has 0 amide bonds. The predicted molar refractivity (Wildman–Crippen MR) is 118 cm³/mol. The summed E-state index contributed by atoms with van der Waals surface area (Å²) in [7, 11) is 0. The Labute approximate surface area is 172 Å². The number of rotatable bonds is 7. The van der Waals surface area contributed by atoms with Crippen LogP contribution in [0.3, 0.4) is 0 Å². The third-order valence-electron chi connectivity index (χ3n) is 4.54. The van der Waals surface area contributed by atoms with E-state index >= 15 is 0 Å². The maximum absolute atomic E-state index is 9.60. The van der Waals surface area contributed by atoms with Crippen LogP contribution in [-0.4, -0.2) is 6.61 Å². The van der Waals surface area contributed by atoms with Crippen LogP contribution < -0.4 is 9.47 Å². The Bertz CT molecular complexity index is 1040. The Morgan fingerprint density at radius 2 is 1.69 bits per heavy atom. The van der Waals surface area contributed by atoms with Gasteiger partial charge in [-0.2, -0.15) is 5.26 Å². The van der Waals surface area contributed by atoms with Gasteiger partial charge in [-0.1, -0.05) is 65.7 Å². The molecule has 0 aliphatic rings. The number of hydrogen-bond acceptors (Lipinski definition) is 3. The molecular weight excluding hydrogens is 358 g/mol. The van der Waals surface area contributed by atoms with Gasteiger partial charge < -0.3 is 9.47 Å². The highest BCUT2D eigenvalue weighted by Gasteiger charge is 2.08. The summed E-state index contributed by atoms with van der Waals surface area (Å²) in [6.07, 6.45) is 1.87. The molecule has 0 atom stereocenters. The molecule has 0 heterocycles. The lowest BCUT2D eigenvalue weighted by molar-refractivity contribution is 0.269. The molecule has 0 saturated heterocycles. The first-order valence-electron chi connectivity index (χ1n) is 9.73. The zero-order valence-corrected chi connectivity index (χ0v) is 17.1. The zero-order valence-electron chi connectivity index (χ0n) is 17.1. The van der Waals surface area contributed by atoms with Crippen molar-refractivity contribution in [2.45, 2.75) is 27.4 Å². The molecule has 0 N–H and O–H groups in total. The molecule has 146 valence electrons. The molecule has 3 aromatic carbocycles. The van der Waals surface area contributed by atoms with Crippen molar-refractivity contribution in [1.82, 2.24) is 0 Å². The monoisotopic (exact) mass is 383 g/mol. The third-order valence-corrected chi connectivity index (χ3v) is 4.54. The Morgan fingerprint density at radius 1 is 0.897 bits per heavy atom. The lowest BCUT2D eigenvalue weighted by Crippen LogP contribution is -2.00. The smallest absolute Gasteiger partial charge is 0.161 e. The zero-order chi connectivity index (χ0) is 20.6. The quantitative estimate of drug-likeness (QED) is 0.353. The summed E-state index contributed by atoms with van der Waals surface area (Å²) < 4.78 is 11.8. The normalized spacial score (nSPS) is 11.0. The van der Waals surface area contributed by atoms with Gasteiger partial charge in [0, 0.05) is 0 Å². The molecule has 0 radical (unpaired) electrons. The van der Waals surface area contributed by atoms with Crippen LogP contribution in [-0.2, 0) is 6.61 Å². The van der Waals surface area contributed by atoms with Crippen molar-refractivity contribution in [3.63, 3.8) is 0 Å². The van der Waals surface area contributed by atoms with E-state index in [4.69, 9.17) is 9.47 Å². The lowest BCUT2D eigenvalue weighted by Gasteiger charge is -2.13. The Balaban J connectivity index is 1.84. The van der Waals surface area contributed by atoms with Crippen LogP contribution in [0.2, 0.25) is 0 Å². The first kappa shape index (κ1) is 20.2. The van der Waals surface area contributed by atoms with Gasteiger partial charge in [0.15, 0.2) is 11.5 Å². The fraction of sp³-hybridized carbons (Fsp3) is 0.192. The Morgan fingerprint density at radius 3 is 2.38 bits per heavy atom. The van der Waals surface area contributed by atoms with Crippen molar-refractivity contribution in [2.75, 3.05) is 6.61 Å². The van der Waals surface area contributed by atoms with Crippen molar-refractivity contribution < 1.29 is 9.47 Å². The van der Waals surface area contributed by atoms with Gasteiger partial charge >= 0.3 is 0 Å². The summed E-state index contributed by atoms with van der Waals surface area (Å²) >= 11 is 0. The molecule has 0 fully saturated rings. The molecule has 0 unspecified atom stereocenters. The van der Waals surface area contributed by atoms with Crippen LogP contribution in [0.1, 0.15) is 34.7 Å². The highest BCUT2D eigenvalue weighted by atomic mass is 16.5. The van der Waals surface area contributed by atoms with Crippen molar-refractivity contribution >= 4 is 11.6 Å². The topological polar surface area (TPSA) is 42.2 Å². The molecule has 29 heavy (non-hydrogen) atoms. The maximum Gasteiger partial charge on any atom is 0.161 e. The van der Waals surface area contributed by atoms with Crippen LogP contribution in [0.15, 0.2) is 66.7 Å². The second-order valence-electron chi connectivity index (χ2n) is 6.95. The molecule has 0 saturated carbocycles. The van der Waals surface area contributed by atoms with E-state index in [2.05, 4.69) is 25.1 Å². The molecule has 0 aliphatic carbocycles.